The van der Waals surface area contributed by atoms with E-state index in [9.17, 15) is 0 Å². The van der Waals surface area contributed by atoms with Crippen molar-refractivity contribution in [1.82, 2.24) is 0 Å². The van der Waals surface area contributed by atoms with Crippen LogP contribution in [-0.4, -0.2) is 0 Å². The first-order valence-electron chi connectivity index (χ1n) is 4.06. The molecule has 0 aromatic rings. The van der Waals surface area contributed by atoms with Crippen molar-refractivity contribution in [3.8, 4) is 0 Å². The number of rotatable bonds is 5. The van der Waals surface area contributed by atoms with Crippen molar-refractivity contribution in [3.63, 3.8) is 0 Å². The van der Waals surface area contributed by atoms with Crippen LogP contribution < -0.4 is 51.4 Å². The molecule has 0 aromatic heterocycles. The summed E-state index contributed by atoms with van der Waals surface area (Å²) >= 11 is 0. The SMILES string of the molecule is [CH2-]CCCCCC(C)C.[K+]. The van der Waals surface area contributed by atoms with Gasteiger partial charge in [-0.2, -0.15) is 6.42 Å². The summed E-state index contributed by atoms with van der Waals surface area (Å²) in [5.41, 5.74) is 0. The smallest absolute Gasteiger partial charge is 0.343 e. The van der Waals surface area contributed by atoms with E-state index in [4.69, 9.17) is 0 Å². The normalized spacial score (nSPS) is 9.60. The Balaban J connectivity index is 0. The minimum absolute atomic E-state index is 0. The van der Waals surface area contributed by atoms with Gasteiger partial charge in [0.15, 0.2) is 0 Å². The van der Waals surface area contributed by atoms with Crippen molar-refractivity contribution in [1.29, 1.82) is 0 Å². The molecule has 0 amide bonds. The molecule has 0 N–H and O–H groups in total. The van der Waals surface area contributed by atoms with Gasteiger partial charge in [0.25, 0.3) is 0 Å². The van der Waals surface area contributed by atoms with Gasteiger partial charge < -0.3 is 6.92 Å². The predicted molar refractivity (Wildman–Crippen MR) is 43.3 cm³/mol. The molecule has 0 radical (unpaired) electrons. The molecule has 56 valence electrons. The minimum Gasteiger partial charge on any atom is -0.343 e. The van der Waals surface area contributed by atoms with E-state index in [0.717, 1.165) is 12.3 Å². The van der Waals surface area contributed by atoms with Crippen LogP contribution in [0.2, 0.25) is 0 Å². The summed E-state index contributed by atoms with van der Waals surface area (Å²) in [4.78, 5) is 0. The summed E-state index contributed by atoms with van der Waals surface area (Å²) in [6, 6.07) is 0. The Labute approximate surface area is 109 Å². The van der Waals surface area contributed by atoms with Gasteiger partial charge in [-0.05, 0) is 5.92 Å². The fourth-order valence-electron chi connectivity index (χ4n) is 0.906. The topological polar surface area (TPSA) is 0 Å². The second-order valence-corrected chi connectivity index (χ2v) is 3.10. The molecule has 0 saturated heterocycles. The Hall–Kier alpha value is 1.64. The van der Waals surface area contributed by atoms with E-state index in [-0.39, 0.29) is 51.4 Å². The molecule has 0 aromatic carbocycles. The Morgan fingerprint density at radius 1 is 1.10 bits per heavy atom. The monoisotopic (exact) mass is 166 g/mol. The molecule has 0 saturated carbocycles. The van der Waals surface area contributed by atoms with Gasteiger partial charge in [0.05, 0.1) is 0 Å². The third kappa shape index (κ3) is 12.3. The summed E-state index contributed by atoms with van der Waals surface area (Å²) in [6.07, 6.45) is 6.58. The molecule has 0 spiro atoms. The third-order valence-electron chi connectivity index (χ3n) is 1.53. The minimum atomic E-state index is 0. The first-order chi connectivity index (χ1) is 4.27. The largest absolute Gasteiger partial charge is 1.00 e. The molecule has 1 heteroatoms. The van der Waals surface area contributed by atoms with E-state index < -0.39 is 0 Å². The van der Waals surface area contributed by atoms with Crippen LogP contribution in [0.25, 0.3) is 0 Å². The van der Waals surface area contributed by atoms with Crippen LogP contribution in [0.1, 0.15) is 46.0 Å². The van der Waals surface area contributed by atoms with Crippen molar-refractivity contribution in [2.45, 2.75) is 46.0 Å². The van der Waals surface area contributed by atoms with Crippen LogP contribution in [0.4, 0.5) is 0 Å². The van der Waals surface area contributed by atoms with E-state index in [0.29, 0.717) is 0 Å². The number of hydrogen-bond donors (Lipinski definition) is 0. The molecule has 10 heavy (non-hydrogen) atoms. The Morgan fingerprint density at radius 2 is 1.70 bits per heavy atom. The molecule has 0 rings (SSSR count). The van der Waals surface area contributed by atoms with Crippen molar-refractivity contribution in [2.75, 3.05) is 0 Å². The van der Waals surface area contributed by atoms with Crippen LogP contribution in [0.15, 0.2) is 0 Å². The fourth-order valence-corrected chi connectivity index (χ4v) is 0.906. The van der Waals surface area contributed by atoms with Gasteiger partial charge in [-0.3, -0.25) is 0 Å². The fraction of sp³-hybridized carbons (Fsp3) is 0.889. The van der Waals surface area contributed by atoms with E-state index in [1.807, 2.05) is 0 Å². The molecular weight excluding hydrogens is 147 g/mol. The maximum absolute atomic E-state index is 3.80. The summed E-state index contributed by atoms with van der Waals surface area (Å²) in [5, 5.41) is 0. The zero-order chi connectivity index (χ0) is 7.11. The van der Waals surface area contributed by atoms with Crippen molar-refractivity contribution >= 4 is 0 Å². The van der Waals surface area contributed by atoms with Crippen LogP contribution in [-0.2, 0) is 0 Å². The molecule has 0 fully saturated rings. The van der Waals surface area contributed by atoms with Gasteiger partial charge in [-0.15, -0.1) is 0 Å². The van der Waals surface area contributed by atoms with Gasteiger partial charge in [-0.25, -0.2) is 0 Å². The summed E-state index contributed by atoms with van der Waals surface area (Å²) in [5.74, 6) is 0.884. The summed E-state index contributed by atoms with van der Waals surface area (Å²) < 4.78 is 0. The molecule has 0 nitrogen and oxygen atoms in total. The quantitative estimate of drug-likeness (QED) is 0.316. The number of unbranched alkanes of at least 4 members (excludes halogenated alkanes) is 3. The van der Waals surface area contributed by atoms with Crippen molar-refractivity contribution in [2.24, 2.45) is 5.92 Å². The van der Waals surface area contributed by atoms with Gasteiger partial charge >= 0.3 is 51.4 Å². The second-order valence-electron chi connectivity index (χ2n) is 3.10. The van der Waals surface area contributed by atoms with E-state index in [1.54, 1.807) is 0 Å². The third-order valence-corrected chi connectivity index (χ3v) is 1.53. The molecular formula is C9H19K. The summed E-state index contributed by atoms with van der Waals surface area (Å²) in [6.45, 7) is 8.37. The van der Waals surface area contributed by atoms with Gasteiger partial charge in [0.1, 0.15) is 0 Å². The van der Waals surface area contributed by atoms with Crippen LogP contribution in [0.3, 0.4) is 0 Å². The van der Waals surface area contributed by atoms with E-state index in [2.05, 4.69) is 20.8 Å². The molecule has 0 atom stereocenters. The molecule has 0 bridgehead atoms. The average Bonchev–Trinajstić information content (AvgIpc) is 1.80. The first kappa shape index (κ1) is 14.2. The van der Waals surface area contributed by atoms with Gasteiger partial charge in [0, 0.05) is 0 Å². The maximum Gasteiger partial charge on any atom is 1.00 e. The zero-order valence-electron chi connectivity index (χ0n) is 7.82. The second kappa shape index (κ2) is 10.6. The van der Waals surface area contributed by atoms with Crippen molar-refractivity contribution < 1.29 is 51.4 Å². The summed E-state index contributed by atoms with van der Waals surface area (Å²) in [7, 11) is 0. The Morgan fingerprint density at radius 3 is 2.10 bits per heavy atom. The molecule has 0 unspecified atom stereocenters. The van der Waals surface area contributed by atoms with Crippen LogP contribution >= 0.6 is 0 Å². The molecule has 0 aliphatic heterocycles. The zero-order valence-corrected chi connectivity index (χ0v) is 10.9. The van der Waals surface area contributed by atoms with Crippen molar-refractivity contribution in [3.05, 3.63) is 6.92 Å². The van der Waals surface area contributed by atoms with Crippen LogP contribution in [0.5, 0.6) is 0 Å². The van der Waals surface area contributed by atoms with Gasteiger partial charge in [0.2, 0.25) is 0 Å². The molecule has 0 aliphatic rings. The van der Waals surface area contributed by atoms with E-state index in [1.165, 1.54) is 25.7 Å². The maximum atomic E-state index is 3.80. The first-order valence-corrected chi connectivity index (χ1v) is 4.06. The predicted octanol–water partition coefficient (Wildman–Crippen LogP) is 0.431. The van der Waals surface area contributed by atoms with Crippen LogP contribution in [0, 0.1) is 12.8 Å². The molecule has 0 aliphatic carbocycles. The average molecular weight is 166 g/mol. The number of hydrogen-bond acceptors (Lipinski definition) is 0. The standard InChI is InChI=1S/C9H19.K/c1-4-5-6-7-8-9(2)3;/h9H,1,4-8H2,2-3H3;/q-1;+1. The van der Waals surface area contributed by atoms with E-state index >= 15 is 0 Å². The van der Waals surface area contributed by atoms with Gasteiger partial charge in [-0.1, -0.05) is 39.5 Å². The Kier molecular flexibility index (Phi) is 15.1. The Bertz CT molecular complexity index is 50.7. The molecule has 0 heterocycles.